The van der Waals surface area contributed by atoms with E-state index in [-0.39, 0.29) is 16.4 Å². The zero-order valence-corrected chi connectivity index (χ0v) is 32.0. The maximum Gasteiger partial charge on any atom is 0.346 e. The summed E-state index contributed by atoms with van der Waals surface area (Å²) in [6, 6.07) is 46.1. The Morgan fingerprint density at radius 3 is 1.63 bits per heavy atom. The van der Waals surface area contributed by atoms with Gasteiger partial charge in [-0.3, -0.25) is 0 Å². The Labute approximate surface area is 323 Å². The van der Waals surface area contributed by atoms with E-state index in [1.807, 2.05) is 6.07 Å². The molecule has 4 nitrogen and oxygen atoms in total. The van der Waals surface area contributed by atoms with E-state index in [9.17, 15) is 9.90 Å². The number of carbonyl (C=O) groups is 1. The second kappa shape index (κ2) is 12.6. The molecule has 2 aromatic heterocycles. The summed E-state index contributed by atoms with van der Waals surface area (Å²) in [6.07, 6.45) is 5.69. The third-order valence-electron chi connectivity index (χ3n) is 11.1. The second-order valence-corrected chi connectivity index (χ2v) is 17.3. The first-order valence-electron chi connectivity index (χ1n) is 18.0. The van der Waals surface area contributed by atoms with Gasteiger partial charge in [-0.05, 0) is 111 Å². The van der Waals surface area contributed by atoms with E-state index in [4.69, 9.17) is 5.26 Å². The van der Waals surface area contributed by atoms with Crippen molar-refractivity contribution in [3.8, 4) is 28.3 Å². The van der Waals surface area contributed by atoms with Gasteiger partial charge in [0.1, 0.15) is 11.6 Å². The Kier molecular flexibility index (Phi) is 7.86. The van der Waals surface area contributed by atoms with E-state index in [2.05, 4.69) is 160 Å². The molecule has 0 radical (unpaired) electrons. The SMILES string of the molecule is CC1(C)c2ccccc2-c2ccc(N(c3ccc(/C=C/c4cc5sc(/C=C(\C#N)C(=O)O)cc5s4)cc3)c3ccc4c(c3)C(C)(C)c3ccccc3-4)cc21. The maximum absolute atomic E-state index is 11.3. The highest BCUT2D eigenvalue weighted by molar-refractivity contribution is 7.28. The molecule has 0 bridgehead atoms. The Morgan fingerprint density at radius 1 is 0.611 bits per heavy atom. The molecule has 0 fully saturated rings. The highest BCUT2D eigenvalue weighted by atomic mass is 32.1. The summed E-state index contributed by atoms with van der Waals surface area (Å²) in [4.78, 5) is 15.5. The van der Waals surface area contributed by atoms with Gasteiger partial charge < -0.3 is 10.0 Å². The van der Waals surface area contributed by atoms with Crippen LogP contribution in [0.4, 0.5) is 17.1 Å². The van der Waals surface area contributed by atoms with Gasteiger partial charge in [0.05, 0.1) is 0 Å². The number of nitrogens with zero attached hydrogens (tertiary/aromatic N) is 2. The van der Waals surface area contributed by atoms with Crippen LogP contribution in [-0.2, 0) is 15.6 Å². The Morgan fingerprint density at radius 2 is 1.09 bits per heavy atom. The molecule has 7 aromatic rings. The van der Waals surface area contributed by atoms with Crippen LogP contribution in [0, 0.1) is 11.3 Å². The topological polar surface area (TPSA) is 64.3 Å². The van der Waals surface area contributed by atoms with E-state index >= 15 is 0 Å². The summed E-state index contributed by atoms with van der Waals surface area (Å²) in [5.41, 5.74) is 14.6. The minimum Gasteiger partial charge on any atom is -0.477 e. The Balaban J connectivity index is 1.08. The summed E-state index contributed by atoms with van der Waals surface area (Å²) in [5, 5.41) is 18.3. The van der Waals surface area contributed by atoms with E-state index in [0.29, 0.717) is 0 Å². The third-order valence-corrected chi connectivity index (χ3v) is 13.3. The standard InChI is InChI=1S/C48H36N2O2S2/c1-47(2)40-11-7-5-9-36(40)38-21-18-32(24-42(38)47)50(33-19-22-39-37-10-6-8-12-41(37)48(3,4)43(39)25-33)31-16-13-29(14-17-31)15-20-34-26-44-45(53-34)27-35(54-44)23-30(28-49)46(51)52/h5-27H,1-4H3,(H,51,52)/b20-15+,30-23+. The average molecular weight is 737 g/mol. The van der Waals surface area contributed by atoms with Crippen LogP contribution in [0.5, 0.6) is 0 Å². The smallest absolute Gasteiger partial charge is 0.346 e. The first-order chi connectivity index (χ1) is 26.0. The molecular weight excluding hydrogens is 701 g/mol. The van der Waals surface area contributed by atoms with Gasteiger partial charge in [0.25, 0.3) is 0 Å². The molecule has 6 heteroatoms. The van der Waals surface area contributed by atoms with Crippen molar-refractivity contribution < 1.29 is 9.90 Å². The lowest BCUT2D eigenvalue weighted by Crippen LogP contribution is -2.18. The van der Waals surface area contributed by atoms with Gasteiger partial charge in [0, 0.05) is 47.0 Å². The molecule has 1 N–H and O–H groups in total. The number of hydrogen-bond acceptors (Lipinski definition) is 5. The molecule has 0 aliphatic heterocycles. The van der Waals surface area contributed by atoms with Crippen molar-refractivity contribution in [2.45, 2.75) is 38.5 Å². The summed E-state index contributed by atoms with van der Waals surface area (Å²) >= 11 is 3.14. The van der Waals surface area contributed by atoms with E-state index < -0.39 is 5.97 Å². The molecule has 0 amide bonds. The molecule has 2 aliphatic carbocycles. The summed E-state index contributed by atoms with van der Waals surface area (Å²) in [5.74, 6) is -1.21. The van der Waals surface area contributed by atoms with Gasteiger partial charge in [0.15, 0.2) is 0 Å². The van der Waals surface area contributed by atoms with Gasteiger partial charge in [-0.25, -0.2) is 4.79 Å². The molecule has 262 valence electrons. The quantitative estimate of drug-likeness (QED) is 0.131. The van der Waals surface area contributed by atoms with Crippen LogP contribution < -0.4 is 4.90 Å². The number of hydrogen-bond donors (Lipinski definition) is 1. The first kappa shape index (κ1) is 33.8. The maximum atomic E-state index is 11.3. The van der Waals surface area contributed by atoms with Crippen LogP contribution >= 0.6 is 22.7 Å². The minimum absolute atomic E-state index is 0.115. The van der Waals surface area contributed by atoms with Crippen molar-refractivity contribution in [1.29, 1.82) is 5.26 Å². The predicted octanol–water partition coefficient (Wildman–Crippen LogP) is 13.2. The number of benzene rings is 5. The normalized spacial score (nSPS) is 14.8. The van der Waals surface area contributed by atoms with Gasteiger partial charge in [-0.2, -0.15) is 5.26 Å². The highest BCUT2D eigenvalue weighted by Gasteiger charge is 2.37. The number of carboxylic acids is 1. The molecule has 0 saturated heterocycles. The third kappa shape index (κ3) is 5.43. The monoisotopic (exact) mass is 736 g/mol. The average Bonchev–Trinajstić information content (AvgIpc) is 3.86. The zero-order valence-electron chi connectivity index (χ0n) is 30.3. The molecule has 0 saturated carbocycles. The second-order valence-electron chi connectivity index (χ2n) is 15.1. The lowest BCUT2D eigenvalue weighted by atomic mass is 9.82. The lowest BCUT2D eigenvalue weighted by molar-refractivity contribution is -0.132. The number of thiophene rings is 2. The van der Waals surface area contributed by atoms with Crippen LogP contribution in [0.15, 0.2) is 127 Å². The molecule has 0 spiro atoms. The summed E-state index contributed by atoms with van der Waals surface area (Å²) in [7, 11) is 0. The fourth-order valence-corrected chi connectivity index (χ4v) is 10.6. The van der Waals surface area contributed by atoms with Gasteiger partial charge in [0.2, 0.25) is 0 Å². The fourth-order valence-electron chi connectivity index (χ4n) is 8.33. The number of anilines is 3. The van der Waals surface area contributed by atoms with Crippen LogP contribution in [0.3, 0.4) is 0 Å². The summed E-state index contributed by atoms with van der Waals surface area (Å²) in [6.45, 7) is 9.33. The number of carboxylic acid groups (broad SMARTS) is 1. The number of fused-ring (bicyclic) bond motifs is 7. The number of rotatable bonds is 7. The fraction of sp³-hybridized carbons (Fsp3) is 0.125. The predicted molar refractivity (Wildman–Crippen MR) is 226 cm³/mol. The minimum atomic E-state index is -1.21. The number of nitriles is 1. The van der Waals surface area contributed by atoms with Gasteiger partial charge >= 0.3 is 5.97 Å². The van der Waals surface area contributed by atoms with Crippen molar-refractivity contribution in [3.05, 3.63) is 164 Å². The molecule has 2 heterocycles. The molecule has 5 aromatic carbocycles. The molecule has 2 aliphatic rings. The van der Waals surface area contributed by atoms with Crippen molar-refractivity contribution >= 4 is 73.3 Å². The van der Waals surface area contributed by atoms with Crippen LogP contribution in [-0.4, -0.2) is 11.1 Å². The number of aliphatic carboxylic acids is 1. The largest absolute Gasteiger partial charge is 0.477 e. The van der Waals surface area contributed by atoms with Crippen molar-refractivity contribution in [2.75, 3.05) is 4.90 Å². The van der Waals surface area contributed by atoms with Crippen LogP contribution in [0.2, 0.25) is 0 Å². The molecular formula is C48H36N2O2S2. The molecule has 0 unspecified atom stereocenters. The van der Waals surface area contributed by atoms with Crippen molar-refractivity contribution in [1.82, 2.24) is 0 Å². The van der Waals surface area contributed by atoms with Crippen LogP contribution in [0.25, 0.3) is 49.9 Å². The zero-order chi connectivity index (χ0) is 37.4. The van der Waals surface area contributed by atoms with Crippen molar-refractivity contribution in [2.24, 2.45) is 0 Å². The summed E-state index contributed by atoms with van der Waals surface area (Å²) < 4.78 is 2.14. The molecule has 0 atom stereocenters. The Bertz CT molecular complexity index is 2630. The van der Waals surface area contributed by atoms with E-state index in [1.165, 1.54) is 61.9 Å². The molecule has 9 rings (SSSR count). The van der Waals surface area contributed by atoms with E-state index in [0.717, 1.165) is 41.8 Å². The highest BCUT2D eigenvalue weighted by Crippen LogP contribution is 2.53. The molecule has 54 heavy (non-hydrogen) atoms. The van der Waals surface area contributed by atoms with Gasteiger partial charge in [-0.1, -0.05) is 107 Å². The van der Waals surface area contributed by atoms with E-state index in [1.54, 1.807) is 17.4 Å². The first-order valence-corrected chi connectivity index (χ1v) is 19.6. The van der Waals surface area contributed by atoms with Crippen LogP contribution in [0.1, 0.15) is 65.3 Å². The lowest BCUT2D eigenvalue weighted by Gasteiger charge is -2.29. The Hall–Kier alpha value is -6.00. The van der Waals surface area contributed by atoms with Gasteiger partial charge in [-0.15, -0.1) is 22.7 Å². The van der Waals surface area contributed by atoms with Crippen molar-refractivity contribution in [3.63, 3.8) is 0 Å².